The van der Waals surface area contributed by atoms with Crippen LogP contribution in [0.4, 0.5) is 0 Å². The molecule has 0 heterocycles. The standard InChI is InChI=1S/C13H24N2O4/c1-2-12(17)14-7-5-3-4-6-13(18)15-8-10-19-11-9-16/h2,16H,1,3-11H2,(H,14,17)(H,15,18). The molecule has 0 aliphatic carbocycles. The van der Waals surface area contributed by atoms with Crippen LogP contribution in [0.5, 0.6) is 0 Å². The zero-order valence-electron chi connectivity index (χ0n) is 11.3. The van der Waals surface area contributed by atoms with Crippen molar-refractivity contribution in [1.29, 1.82) is 0 Å². The van der Waals surface area contributed by atoms with Crippen molar-refractivity contribution < 1.29 is 19.4 Å². The molecule has 19 heavy (non-hydrogen) atoms. The maximum atomic E-state index is 11.4. The average Bonchev–Trinajstić information content (AvgIpc) is 2.42. The summed E-state index contributed by atoms with van der Waals surface area (Å²) in [4.78, 5) is 22.2. The molecule has 0 fully saturated rings. The van der Waals surface area contributed by atoms with E-state index in [0.717, 1.165) is 19.3 Å². The van der Waals surface area contributed by atoms with Gasteiger partial charge in [-0.15, -0.1) is 0 Å². The number of carbonyl (C=O) groups is 2. The van der Waals surface area contributed by atoms with Crippen LogP contribution in [-0.4, -0.2) is 49.8 Å². The largest absolute Gasteiger partial charge is 0.394 e. The fourth-order valence-electron chi connectivity index (χ4n) is 1.39. The SMILES string of the molecule is C=CC(=O)NCCCCCC(=O)NCCOCCO. The van der Waals surface area contributed by atoms with E-state index in [1.807, 2.05) is 0 Å². The summed E-state index contributed by atoms with van der Waals surface area (Å²) in [6.45, 7) is 5.15. The van der Waals surface area contributed by atoms with Crippen LogP contribution in [0.3, 0.4) is 0 Å². The molecule has 0 aliphatic rings. The lowest BCUT2D eigenvalue weighted by Crippen LogP contribution is -2.27. The van der Waals surface area contributed by atoms with Crippen molar-refractivity contribution in [3.8, 4) is 0 Å². The molecule has 0 saturated carbocycles. The van der Waals surface area contributed by atoms with Crippen molar-refractivity contribution in [2.45, 2.75) is 25.7 Å². The van der Waals surface area contributed by atoms with Gasteiger partial charge >= 0.3 is 0 Å². The molecule has 3 N–H and O–H groups in total. The van der Waals surface area contributed by atoms with Gasteiger partial charge in [0.1, 0.15) is 0 Å². The van der Waals surface area contributed by atoms with Crippen molar-refractivity contribution >= 4 is 11.8 Å². The molecule has 110 valence electrons. The topological polar surface area (TPSA) is 87.7 Å². The van der Waals surface area contributed by atoms with E-state index in [1.54, 1.807) is 0 Å². The second-order valence-electron chi connectivity index (χ2n) is 3.99. The number of rotatable bonds is 12. The van der Waals surface area contributed by atoms with Crippen LogP contribution in [0.25, 0.3) is 0 Å². The van der Waals surface area contributed by atoms with Crippen LogP contribution in [0.2, 0.25) is 0 Å². The third-order valence-corrected chi connectivity index (χ3v) is 2.37. The molecule has 0 aromatic heterocycles. The predicted octanol–water partition coefficient (Wildman–Crippen LogP) is -0.0259. The van der Waals surface area contributed by atoms with Gasteiger partial charge in [-0.25, -0.2) is 0 Å². The van der Waals surface area contributed by atoms with Crippen molar-refractivity contribution in [1.82, 2.24) is 10.6 Å². The van der Waals surface area contributed by atoms with E-state index in [-0.39, 0.29) is 18.4 Å². The van der Waals surface area contributed by atoms with Gasteiger partial charge in [0.2, 0.25) is 11.8 Å². The van der Waals surface area contributed by atoms with Crippen LogP contribution >= 0.6 is 0 Å². The molecular weight excluding hydrogens is 248 g/mol. The summed E-state index contributed by atoms with van der Waals surface area (Å²) in [6.07, 6.45) is 4.27. The summed E-state index contributed by atoms with van der Waals surface area (Å²) < 4.78 is 5.01. The molecule has 0 unspecified atom stereocenters. The third-order valence-electron chi connectivity index (χ3n) is 2.37. The molecule has 0 rings (SSSR count). The second-order valence-corrected chi connectivity index (χ2v) is 3.99. The van der Waals surface area contributed by atoms with Gasteiger partial charge in [0.25, 0.3) is 0 Å². The minimum Gasteiger partial charge on any atom is -0.394 e. The normalized spacial score (nSPS) is 9.95. The Morgan fingerprint density at radius 1 is 1.11 bits per heavy atom. The number of aliphatic hydroxyl groups is 1. The average molecular weight is 272 g/mol. The van der Waals surface area contributed by atoms with Gasteiger partial charge < -0.3 is 20.5 Å². The highest BCUT2D eigenvalue weighted by molar-refractivity contribution is 5.86. The molecular formula is C13H24N2O4. The highest BCUT2D eigenvalue weighted by atomic mass is 16.5. The van der Waals surface area contributed by atoms with Crippen LogP contribution in [0.1, 0.15) is 25.7 Å². The zero-order chi connectivity index (χ0) is 14.3. The van der Waals surface area contributed by atoms with E-state index in [9.17, 15) is 9.59 Å². The maximum Gasteiger partial charge on any atom is 0.243 e. The minimum absolute atomic E-state index is 0.00252. The van der Waals surface area contributed by atoms with E-state index in [1.165, 1.54) is 6.08 Å². The molecule has 2 amide bonds. The van der Waals surface area contributed by atoms with Gasteiger partial charge in [-0.1, -0.05) is 13.0 Å². The molecule has 0 bridgehead atoms. The molecule has 0 radical (unpaired) electrons. The predicted molar refractivity (Wildman–Crippen MR) is 72.6 cm³/mol. The fraction of sp³-hybridized carbons (Fsp3) is 0.692. The van der Waals surface area contributed by atoms with Gasteiger partial charge in [-0.3, -0.25) is 9.59 Å². The Morgan fingerprint density at radius 3 is 2.58 bits per heavy atom. The lowest BCUT2D eigenvalue weighted by molar-refractivity contribution is -0.121. The number of ether oxygens (including phenoxy) is 1. The second kappa shape index (κ2) is 13.0. The quantitative estimate of drug-likeness (QED) is 0.344. The molecule has 0 aliphatic heterocycles. The monoisotopic (exact) mass is 272 g/mol. The van der Waals surface area contributed by atoms with Gasteiger partial charge in [0.05, 0.1) is 19.8 Å². The van der Waals surface area contributed by atoms with Crippen molar-refractivity contribution in [3.63, 3.8) is 0 Å². The zero-order valence-corrected chi connectivity index (χ0v) is 11.3. The lowest BCUT2D eigenvalue weighted by atomic mass is 10.2. The minimum atomic E-state index is -0.166. The summed E-state index contributed by atoms with van der Waals surface area (Å²) >= 11 is 0. The van der Waals surface area contributed by atoms with Crippen LogP contribution in [0.15, 0.2) is 12.7 Å². The first-order chi connectivity index (χ1) is 9.20. The highest BCUT2D eigenvalue weighted by Gasteiger charge is 2.00. The fourth-order valence-corrected chi connectivity index (χ4v) is 1.39. The maximum absolute atomic E-state index is 11.4. The van der Waals surface area contributed by atoms with Gasteiger partial charge in [0, 0.05) is 19.5 Å². The summed E-state index contributed by atoms with van der Waals surface area (Å²) in [6, 6.07) is 0. The number of hydrogen-bond donors (Lipinski definition) is 3. The third kappa shape index (κ3) is 12.8. The molecule has 6 nitrogen and oxygen atoms in total. The van der Waals surface area contributed by atoms with Crippen molar-refractivity contribution in [2.75, 3.05) is 32.9 Å². The van der Waals surface area contributed by atoms with Crippen LogP contribution in [-0.2, 0) is 14.3 Å². The van der Waals surface area contributed by atoms with Crippen molar-refractivity contribution in [3.05, 3.63) is 12.7 Å². The van der Waals surface area contributed by atoms with E-state index in [0.29, 0.717) is 32.7 Å². The van der Waals surface area contributed by atoms with Gasteiger partial charge in [0.15, 0.2) is 0 Å². The Balaban J connectivity index is 3.24. The molecule has 6 heteroatoms. The Bertz CT molecular complexity index is 269. The summed E-state index contributed by atoms with van der Waals surface area (Å²) in [5, 5.41) is 13.9. The number of carbonyl (C=O) groups excluding carboxylic acids is 2. The first kappa shape index (κ1) is 17.6. The molecule has 0 saturated heterocycles. The van der Waals surface area contributed by atoms with Gasteiger partial charge in [-0.2, -0.15) is 0 Å². The summed E-state index contributed by atoms with van der Waals surface area (Å²) in [5.74, 6) is -0.164. The Kier molecular flexibility index (Phi) is 12.1. The molecule has 0 atom stereocenters. The number of nitrogens with one attached hydrogen (secondary N) is 2. The molecule has 0 spiro atoms. The Labute approximate surface area is 114 Å². The lowest BCUT2D eigenvalue weighted by Gasteiger charge is -2.06. The van der Waals surface area contributed by atoms with E-state index in [4.69, 9.17) is 9.84 Å². The number of hydrogen-bond acceptors (Lipinski definition) is 4. The summed E-state index contributed by atoms with van der Waals surface area (Å²) in [7, 11) is 0. The molecule has 0 aromatic rings. The number of aliphatic hydroxyl groups excluding tert-OH is 1. The Hall–Kier alpha value is -1.40. The van der Waals surface area contributed by atoms with E-state index < -0.39 is 0 Å². The highest BCUT2D eigenvalue weighted by Crippen LogP contribution is 1.98. The Morgan fingerprint density at radius 2 is 1.89 bits per heavy atom. The number of unbranched alkanes of at least 4 members (excludes halogenated alkanes) is 2. The van der Waals surface area contributed by atoms with Crippen LogP contribution in [0, 0.1) is 0 Å². The number of amides is 2. The first-order valence-electron chi connectivity index (χ1n) is 6.56. The summed E-state index contributed by atoms with van der Waals surface area (Å²) in [5.41, 5.74) is 0. The van der Waals surface area contributed by atoms with E-state index in [2.05, 4.69) is 17.2 Å². The van der Waals surface area contributed by atoms with Crippen LogP contribution < -0.4 is 10.6 Å². The van der Waals surface area contributed by atoms with Crippen molar-refractivity contribution in [2.24, 2.45) is 0 Å². The first-order valence-corrected chi connectivity index (χ1v) is 6.56. The molecule has 0 aromatic carbocycles. The van der Waals surface area contributed by atoms with Gasteiger partial charge in [-0.05, 0) is 18.9 Å². The smallest absolute Gasteiger partial charge is 0.243 e. The van der Waals surface area contributed by atoms with E-state index >= 15 is 0 Å².